The van der Waals surface area contributed by atoms with E-state index in [2.05, 4.69) is 14.8 Å². The predicted octanol–water partition coefficient (Wildman–Crippen LogP) is 1.62. The number of hydrogen-bond donors (Lipinski definition) is 0. The quantitative estimate of drug-likeness (QED) is 0.415. The highest BCUT2D eigenvalue weighted by molar-refractivity contribution is 6.11. The van der Waals surface area contributed by atoms with E-state index in [-0.39, 0.29) is 0 Å². The molecule has 0 aromatic heterocycles. The maximum Gasteiger partial charge on any atom is 0.105 e. The fraction of sp³-hybridized carbons (Fsp3) is 1.00. The van der Waals surface area contributed by atoms with Crippen molar-refractivity contribution in [1.82, 2.24) is 0 Å². The van der Waals surface area contributed by atoms with E-state index in [1.807, 2.05) is 0 Å². The minimum absolute atomic E-state index is 1.00. The Bertz CT molecular complexity index is 60.8. The lowest BCUT2D eigenvalue weighted by Gasteiger charge is -2.24. The van der Waals surface area contributed by atoms with Gasteiger partial charge in [0.2, 0.25) is 0 Å². The molecule has 0 aromatic rings. The largest absolute Gasteiger partial charge is 0.105 e. The van der Waals surface area contributed by atoms with Gasteiger partial charge in [-0.2, -0.15) is 0 Å². The van der Waals surface area contributed by atoms with E-state index in [0.29, 0.717) is 0 Å². The highest BCUT2D eigenvalue weighted by atomic mass is 14.2. The Balaban J connectivity index is 2.28. The van der Waals surface area contributed by atoms with Crippen LogP contribution in [-0.4, -0.2) is 7.85 Å². The van der Waals surface area contributed by atoms with Crippen molar-refractivity contribution in [2.45, 2.75) is 38.4 Å². The normalized spacial score (nSPS) is 39.6. The molecule has 0 spiro atoms. The lowest BCUT2D eigenvalue weighted by molar-refractivity contribution is 0.386. The second kappa shape index (κ2) is 2.57. The second-order valence-electron chi connectivity index (χ2n) is 3.24. The molecule has 0 unspecified atom stereocenters. The Morgan fingerprint density at radius 3 is 2.25 bits per heavy atom. The smallest absolute Gasteiger partial charge is 0.0672 e. The molecule has 8 heavy (non-hydrogen) atoms. The molecule has 46 valence electrons. The summed E-state index contributed by atoms with van der Waals surface area (Å²) in [4.78, 5) is 0. The van der Waals surface area contributed by atoms with E-state index in [9.17, 15) is 0 Å². The topological polar surface area (TPSA) is 0 Å². The van der Waals surface area contributed by atoms with Crippen LogP contribution in [-0.2, 0) is 0 Å². The van der Waals surface area contributed by atoms with Gasteiger partial charge in [-0.25, -0.2) is 0 Å². The highest BCUT2D eigenvalue weighted by Crippen LogP contribution is 2.31. The Hall–Kier alpha value is 0.0649. The molecule has 0 heterocycles. The van der Waals surface area contributed by atoms with Crippen molar-refractivity contribution in [1.29, 1.82) is 0 Å². The average molecular weight is 110 g/mol. The molecule has 1 aliphatic carbocycles. The summed E-state index contributed by atoms with van der Waals surface area (Å²) in [5.41, 5.74) is 0. The molecule has 0 radical (unpaired) electrons. The van der Waals surface area contributed by atoms with Gasteiger partial charge in [-0.15, -0.1) is 0 Å². The molecule has 1 heteroatoms. The van der Waals surface area contributed by atoms with E-state index in [4.69, 9.17) is 0 Å². The van der Waals surface area contributed by atoms with Crippen LogP contribution in [0.4, 0.5) is 0 Å². The molecule has 1 aliphatic rings. The summed E-state index contributed by atoms with van der Waals surface area (Å²) in [7, 11) is 2.38. The molecule has 0 amide bonds. The van der Waals surface area contributed by atoms with Crippen molar-refractivity contribution in [3.8, 4) is 0 Å². The van der Waals surface area contributed by atoms with Gasteiger partial charge in [0.05, 0.1) is 0 Å². The Labute approximate surface area is 53.1 Å². The summed E-state index contributed by atoms with van der Waals surface area (Å²) in [6, 6.07) is 0. The van der Waals surface area contributed by atoms with E-state index in [1.54, 1.807) is 0 Å². The molecule has 1 saturated carbocycles. The monoisotopic (exact) mass is 110 g/mol. The van der Waals surface area contributed by atoms with Gasteiger partial charge in [-0.05, 0) is 5.92 Å². The summed E-state index contributed by atoms with van der Waals surface area (Å²) in [5, 5.41) is 0. The number of rotatable bonds is 0. The molecular formula is C7H15B. The standard InChI is InChI=1S/C7H15B/c1-6-4-2-3-5-7(6)8/h6-7H,2-5,8H2,1H3/t6-,7-/m0/s1. The lowest BCUT2D eigenvalue weighted by atomic mass is 9.69. The molecule has 0 saturated heterocycles. The molecule has 2 atom stereocenters. The predicted molar refractivity (Wildman–Crippen MR) is 39.9 cm³/mol. The van der Waals surface area contributed by atoms with Gasteiger partial charge in [-0.3, -0.25) is 0 Å². The van der Waals surface area contributed by atoms with Crippen LogP contribution in [0, 0.1) is 5.92 Å². The van der Waals surface area contributed by atoms with Crippen molar-refractivity contribution in [3.63, 3.8) is 0 Å². The summed E-state index contributed by atoms with van der Waals surface area (Å²) in [5.74, 6) is 2.01. The van der Waals surface area contributed by atoms with Gasteiger partial charge in [0.25, 0.3) is 0 Å². The summed E-state index contributed by atoms with van der Waals surface area (Å²) >= 11 is 0. The molecule has 1 fully saturated rings. The SMILES string of the molecule is B[C@H]1CCCC[C@@H]1C. The minimum Gasteiger partial charge on any atom is -0.0672 e. The van der Waals surface area contributed by atoms with Gasteiger partial charge >= 0.3 is 0 Å². The third-order valence-corrected chi connectivity index (χ3v) is 2.54. The molecule has 0 bridgehead atoms. The Morgan fingerprint density at radius 2 is 1.88 bits per heavy atom. The first-order valence-corrected chi connectivity index (χ1v) is 3.80. The Morgan fingerprint density at radius 1 is 1.25 bits per heavy atom. The first-order chi connectivity index (χ1) is 3.80. The summed E-state index contributed by atoms with van der Waals surface area (Å²) in [6.07, 6.45) is 5.90. The van der Waals surface area contributed by atoms with Gasteiger partial charge in [0, 0.05) is 0 Å². The lowest BCUT2D eigenvalue weighted by Crippen LogP contribution is -2.10. The van der Waals surface area contributed by atoms with E-state index in [0.717, 1.165) is 11.7 Å². The van der Waals surface area contributed by atoms with Gasteiger partial charge in [0.1, 0.15) is 7.85 Å². The summed E-state index contributed by atoms with van der Waals surface area (Å²) in [6.45, 7) is 2.38. The third-order valence-electron chi connectivity index (χ3n) is 2.54. The number of hydrogen-bond acceptors (Lipinski definition) is 0. The highest BCUT2D eigenvalue weighted by Gasteiger charge is 2.15. The van der Waals surface area contributed by atoms with E-state index >= 15 is 0 Å². The van der Waals surface area contributed by atoms with Crippen LogP contribution >= 0.6 is 0 Å². The zero-order valence-corrected chi connectivity index (χ0v) is 5.98. The van der Waals surface area contributed by atoms with Crippen LogP contribution in [0.5, 0.6) is 0 Å². The van der Waals surface area contributed by atoms with Gasteiger partial charge in [0.15, 0.2) is 0 Å². The summed E-state index contributed by atoms with van der Waals surface area (Å²) < 4.78 is 0. The second-order valence-corrected chi connectivity index (χ2v) is 3.24. The van der Waals surface area contributed by atoms with E-state index in [1.165, 1.54) is 25.7 Å². The minimum atomic E-state index is 1.00. The van der Waals surface area contributed by atoms with Crippen molar-refractivity contribution < 1.29 is 0 Å². The van der Waals surface area contributed by atoms with Crippen molar-refractivity contribution in [2.75, 3.05) is 0 Å². The maximum absolute atomic E-state index is 2.38. The van der Waals surface area contributed by atoms with Crippen LogP contribution in [0.2, 0.25) is 5.82 Å². The van der Waals surface area contributed by atoms with Crippen LogP contribution in [0.15, 0.2) is 0 Å². The molecular weight excluding hydrogens is 94.9 g/mol. The average Bonchev–Trinajstić information content (AvgIpc) is 1.77. The zero-order valence-electron chi connectivity index (χ0n) is 5.98. The van der Waals surface area contributed by atoms with Gasteiger partial charge in [-0.1, -0.05) is 38.4 Å². The van der Waals surface area contributed by atoms with E-state index < -0.39 is 0 Å². The molecule has 0 aliphatic heterocycles. The molecule has 1 rings (SSSR count). The van der Waals surface area contributed by atoms with Crippen molar-refractivity contribution >= 4 is 7.85 Å². The third kappa shape index (κ3) is 1.27. The maximum atomic E-state index is 2.38. The Kier molecular flexibility index (Phi) is 1.98. The van der Waals surface area contributed by atoms with Crippen molar-refractivity contribution in [2.24, 2.45) is 5.92 Å². The zero-order chi connectivity index (χ0) is 5.98. The first-order valence-electron chi connectivity index (χ1n) is 3.80. The fourth-order valence-corrected chi connectivity index (χ4v) is 1.50. The molecule has 0 nitrogen and oxygen atoms in total. The van der Waals surface area contributed by atoms with Crippen molar-refractivity contribution in [3.05, 3.63) is 0 Å². The van der Waals surface area contributed by atoms with Crippen LogP contribution < -0.4 is 0 Å². The van der Waals surface area contributed by atoms with Gasteiger partial charge < -0.3 is 0 Å². The fourth-order valence-electron chi connectivity index (χ4n) is 1.50. The first kappa shape index (κ1) is 6.19. The molecule has 0 N–H and O–H groups in total. The van der Waals surface area contributed by atoms with Crippen LogP contribution in [0.25, 0.3) is 0 Å². The van der Waals surface area contributed by atoms with Crippen LogP contribution in [0.3, 0.4) is 0 Å². The molecule has 0 aromatic carbocycles. The van der Waals surface area contributed by atoms with Crippen LogP contribution in [0.1, 0.15) is 32.6 Å².